The standard InChI is InChI=1S/C23H19N3O4S2/c27-19-11-14-10-15(9-13-3-1-7-26(19)20(13)14)25-23(30)22(29)24-12-16-5-6-18(32-16)21(28)17-4-2-8-31-17/h2,4-6,8-10H,1,3,7,11-12H2,(H,24,29)(H,25,30). The van der Waals surface area contributed by atoms with Gasteiger partial charge in [0.2, 0.25) is 11.7 Å². The van der Waals surface area contributed by atoms with Crippen LogP contribution in [0.15, 0.2) is 41.8 Å². The summed E-state index contributed by atoms with van der Waals surface area (Å²) in [5.41, 5.74) is 3.41. The minimum absolute atomic E-state index is 0.0436. The van der Waals surface area contributed by atoms with Crippen LogP contribution in [0.5, 0.6) is 0 Å². The van der Waals surface area contributed by atoms with Gasteiger partial charge >= 0.3 is 11.8 Å². The van der Waals surface area contributed by atoms with Crippen LogP contribution in [0.25, 0.3) is 0 Å². The number of nitrogens with zero attached hydrogens (tertiary/aromatic N) is 1. The Morgan fingerprint density at radius 3 is 2.69 bits per heavy atom. The predicted octanol–water partition coefficient (Wildman–Crippen LogP) is 3.13. The Hall–Kier alpha value is -3.30. The van der Waals surface area contributed by atoms with E-state index >= 15 is 0 Å². The van der Waals surface area contributed by atoms with Crippen molar-refractivity contribution in [2.45, 2.75) is 25.8 Å². The van der Waals surface area contributed by atoms with Crippen molar-refractivity contribution in [3.63, 3.8) is 0 Å². The number of carbonyl (C=O) groups excluding carboxylic acids is 4. The van der Waals surface area contributed by atoms with Gasteiger partial charge in [-0.3, -0.25) is 19.2 Å². The second-order valence-electron chi connectivity index (χ2n) is 7.68. The molecule has 32 heavy (non-hydrogen) atoms. The Morgan fingerprint density at radius 2 is 1.88 bits per heavy atom. The first-order valence-corrected chi connectivity index (χ1v) is 11.9. The van der Waals surface area contributed by atoms with E-state index in [1.54, 1.807) is 24.3 Å². The minimum Gasteiger partial charge on any atom is -0.343 e. The van der Waals surface area contributed by atoms with E-state index in [4.69, 9.17) is 0 Å². The SMILES string of the molecule is O=C(NCc1ccc(C(=O)c2cccs2)s1)C(=O)Nc1cc2c3c(c1)CC(=O)N3CCC2. The van der Waals surface area contributed by atoms with Gasteiger partial charge in [0.25, 0.3) is 0 Å². The summed E-state index contributed by atoms with van der Waals surface area (Å²) in [7, 11) is 0. The second-order valence-corrected chi connectivity index (χ2v) is 9.79. The molecule has 3 aromatic rings. The van der Waals surface area contributed by atoms with E-state index in [0.29, 0.717) is 21.9 Å². The van der Waals surface area contributed by atoms with Crippen molar-refractivity contribution < 1.29 is 19.2 Å². The zero-order valence-corrected chi connectivity index (χ0v) is 18.6. The number of ketones is 1. The van der Waals surface area contributed by atoms with Crippen molar-refractivity contribution in [2.24, 2.45) is 0 Å². The molecule has 3 amide bonds. The topological polar surface area (TPSA) is 95.6 Å². The summed E-state index contributed by atoms with van der Waals surface area (Å²) in [6, 6.07) is 10.7. The van der Waals surface area contributed by atoms with Gasteiger partial charge in [-0.25, -0.2) is 0 Å². The Morgan fingerprint density at radius 1 is 1.03 bits per heavy atom. The first-order chi connectivity index (χ1) is 15.5. The van der Waals surface area contributed by atoms with Crippen LogP contribution in [0.3, 0.4) is 0 Å². The zero-order valence-electron chi connectivity index (χ0n) is 17.0. The van der Waals surface area contributed by atoms with Gasteiger partial charge in [-0.15, -0.1) is 22.7 Å². The second kappa shape index (κ2) is 8.33. The summed E-state index contributed by atoms with van der Waals surface area (Å²) in [6.07, 6.45) is 2.05. The molecule has 9 heteroatoms. The van der Waals surface area contributed by atoms with Gasteiger partial charge in [0.15, 0.2) is 0 Å². The van der Waals surface area contributed by atoms with E-state index in [-0.39, 0.29) is 18.2 Å². The third kappa shape index (κ3) is 3.85. The van der Waals surface area contributed by atoms with Crippen LogP contribution in [0.4, 0.5) is 11.4 Å². The number of aryl methyl sites for hydroxylation is 1. The van der Waals surface area contributed by atoms with Crippen LogP contribution in [-0.2, 0) is 33.8 Å². The van der Waals surface area contributed by atoms with Crippen molar-refractivity contribution in [1.29, 1.82) is 0 Å². The summed E-state index contributed by atoms with van der Waals surface area (Å²) >= 11 is 2.68. The van der Waals surface area contributed by atoms with Gasteiger partial charge in [0, 0.05) is 17.1 Å². The van der Waals surface area contributed by atoms with Crippen molar-refractivity contribution in [2.75, 3.05) is 16.8 Å². The van der Waals surface area contributed by atoms with E-state index in [1.807, 2.05) is 22.4 Å². The molecule has 0 fully saturated rings. The molecule has 0 aliphatic carbocycles. The predicted molar refractivity (Wildman–Crippen MR) is 123 cm³/mol. The summed E-state index contributed by atoms with van der Waals surface area (Å²) < 4.78 is 0. The highest BCUT2D eigenvalue weighted by Crippen LogP contribution is 2.38. The fourth-order valence-corrected chi connectivity index (χ4v) is 5.76. The Bertz CT molecular complexity index is 1250. The van der Waals surface area contributed by atoms with Crippen molar-refractivity contribution in [3.05, 3.63) is 67.5 Å². The Labute approximate surface area is 192 Å². The molecule has 0 radical (unpaired) electrons. The third-order valence-corrected chi connectivity index (χ3v) is 7.48. The minimum atomic E-state index is -0.763. The number of amides is 3. The first-order valence-electron chi connectivity index (χ1n) is 10.2. The van der Waals surface area contributed by atoms with Crippen LogP contribution in [0, 0.1) is 0 Å². The molecule has 0 saturated carbocycles. The van der Waals surface area contributed by atoms with Crippen molar-refractivity contribution >= 4 is 57.6 Å². The van der Waals surface area contributed by atoms with Crippen LogP contribution < -0.4 is 15.5 Å². The number of thiophene rings is 2. The number of rotatable bonds is 5. The van der Waals surface area contributed by atoms with Gasteiger partial charge in [-0.1, -0.05) is 6.07 Å². The maximum absolute atomic E-state index is 12.4. The molecule has 2 N–H and O–H groups in total. The summed E-state index contributed by atoms with van der Waals surface area (Å²) in [6.45, 7) is 0.893. The van der Waals surface area contributed by atoms with Gasteiger partial charge in [0.05, 0.1) is 28.4 Å². The van der Waals surface area contributed by atoms with E-state index in [0.717, 1.165) is 41.1 Å². The molecule has 4 heterocycles. The lowest BCUT2D eigenvalue weighted by Gasteiger charge is -2.26. The first kappa shape index (κ1) is 20.6. The van der Waals surface area contributed by atoms with E-state index in [2.05, 4.69) is 10.6 Å². The normalized spacial score (nSPS) is 14.2. The molecular weight excluding hydrogens is 446 g/mol. The highest BCUT2D eigenvalue weighted by atomic mass is 32.1. The number of benzene rings is 1. The molecule has 0 spiro atoms. The number of nitrogens with one attached hydrogen (secondary N) is 2. The molecule has 0 bridgehead atoms. The smallest absolute Gasteiger partial charge is 0.313 e. The maximum Gasteiger partial charge on any atom is 0.313 e. The third-order valence-electron chi connectivity index (χ3n) is 5.53. The highest BCUT2D eigenvalue weighted by Gasteiger charge is 2.32. The quantitative estimate of drug-likeness (QED) is 0.447. The molecular formula is C23H19N3O4S2. The van der Waals surface area contributed by atoms with Crippen LogP contribution in [-0.4, -0.2) is 30.0 Å². The highest BCUT2D eigenvalue weighted by molar-refractivity contribution is 7.16. The van der Waals surface area contributed by atoms with Crippen molar-refractivity contribution in [1.82, 2.24) is 5.32 Å². The monoisotopic (exact) mass is 465 g/mol. The van der Waals surface area contributed by atoms with Crippen LogP contribution in [0.2, 0.25) is 0 Å². The largest absolute Gasteiger partial charge is 0.343 e. The number of hydrogen-bond acceptors (Lipinski definition) is 6. The lowest BCUT2D eigenvalue weighted by molar-refractivity contribution is -0.136. The summed E-state index contributed by atoms with van der Waals surface area (Å²) in [4.78, 5) is 53.1. The molecule has 2 aliphatic rings. The average Bonchev–Trinajstić information content (AvgIpc) is 3.53. The zero-order chi connectivity index (χ0) is 22.2. The Balaban J connectivity index is 1.21. The molecule has 0 unspecified atom stereocenters. The number of anilines is 2. The number of carbonyl (C=O) groups is 4. The molecule has 0 saturated heterocycles. The lowest BCUT2D eigenvalue weighted by Crippen LogP contribution is -2.35. The Kier molecular flexibility index (Phi) is 5.36. The summed E-state index contributed by atoms with van der Waals surface area (Å²) in [5, 5.41) is 7.10. The maximum atomic E-state index is 12.4. The molecule has 0 atom stereocenters. The van der Waals surface area contributed by atoms with Crippen LogP contribution >= 0.6 is 22.7 Å². The number of hydrogen-bond donors (Lipinski definition) is 2. The van der Waals surface area contributed by atoms with E-state index in [1.165, 1.54) is 22.7 Å². The van der Waals surface area contributed by atoms with Gasteiger partial charge < -0.3 is 15.5 Å². The molecule has 2 aliphatic heterocycles. The molecule has 1 aromatic carbocycles. The fraction of sp³-hybridized carbons (Fsp3) is 0.217. The fourth-order valence-electron chi connectivity index (χ4n) is 4.11. The molecule has 7 nitrogen and oxygen atoms in total. The molecule has 2 aromatic heterocycles. The average molecular weight is 466 g/mol. The van der Waals surface area contributed by atoms with Gasteiger partial charge in [0.1, 0.15) is 0 Å². The van der Waals surface area contributed by atoms with Crippen LogP contribution in [0.1, 0.15) is 37.0 Å². The van der Waals surface area contributed by atoms with E-state index < -0.39 is 11.8 Å². The molecule has 5 rings (SSSR count). The summed E-state index contributed by atoms with van der Waals surface area (Å²) in [5.74, 6) is -1.48. The van der Waals surface area contributed by atoms with Gasteiger partial charge in [-0.05, 0) is 59.7 Å². The van der Waals surface area contributed by atoms with Gasteiger partial charge in [-0.2, -0.15) is 0 Å². The molecule has 162 valence electrons. The lowest BCUT2D eigenvalue weighted by atomic mass is 9.99. The van der Waals surface area contributed by atoms with Crippen molar-refractivity contribution in [3.8, 4) is 0 Å². The van der Waals surface area contributed by atoms with E-state index in [9.17, 15) is 19.2 Å².